The van der Waals surface area contributed by atoms with E-state index in [0.717, 1.165) is 23.5 Å². The van der Waals surface area contributed by atoms with Gasteiger partial charge in [-0.2, -0.15) is 0 Å². The molecule has 2 heteroatoms. The molecule has 2 rings (SSSR count). The second-order valence-electron chi connectivity index (χ2n) is 4.14. The molecule has 0 heterocycles. The van der Waals surface area contributed by atoms with Gasteiger partial charge in [0.25, 0.3) is 0 Å². The number of hydrogen-bond donors (Lipinski definition) is 0. The average Bonchev–Trinajstić information content (AvgIpc) is 2.31. The number of hydrogen-bond acceptors (Lipinski definition) is 1. The van der Waals surface area contributed by atoms with E-state index in [9.17, 15) is 0 Å². The first kappa shape index (κ1) is 11.1. The predicted molar refractivity (Wildman–Crippen MR) is 72.1 cm³/mol. The Kier molecular flexibility index (Phi) is 3.91. The Morgan fingerprint density at radius 2 is 1.06 bits per heavy atom. The Bertz CT molecular complexity index is 372. The fraction of sp³-hybridized carbons (Fsp3) is 0.143. The van der Waals surface area contributed by atoms with Crippen LogP contribution in [0.1, 0.15) is 11.1 Å². The van der Waals surface area contributed by atoms with Crippen molar-refractivity contribution in [2.45, 2.75) is 13.1 Å². The fourth-order valence-corrected chi connectivity index (χ4v) is 2.58. The van der Waals surface area contributed by atoms with Crippen LogP contribution in [0.4, 0.5) is 0 Å². The lowest BCUT2D eigenvalue weighted by atomic mass is 10.2. The average molecular weight is 227 g/mol. The molecule has 2 aromatic carbocycles. The Morgan fingerprint density at radius 1 is 0.688 bits per heavy atom. The molecule has 16 heavy (non-hydrogen) atoms. The van der Waals surface area contributed by atoms with Gasteiger partial charge in [0.2, 0.25) is 0 Å². The molecule has 0 aliphatic carbocycles. The molecule has 0 unspecified atom stereocenters. The normalized spacial score (nSPS) is 10.8. The summed E-state index contributed by atoms with van der Waals surface area (Å²) in [6.07, 6.45) is 0. The quantitative estimate of drug-likeness (QED) is 0.722. The molecule has 0 spiro atoms. The minimum atomic E-state index is 1.06. The Labute approximate surface area is 100 Å². The molecule has 0 atom stereocenters. The highest BCUT2D eigenvalue weighted by Crippen LogP contribution is 2.06. The third-order valence-corrected chi connectivity index (χ3v) is 3.22. The zero-order valence-corrected chi connectivity index (χ0v) is 11.6. The number of benzene rings is 2. The van der Waals surface area contributed by atoms with E-state index in [-0.39, 0.29) is 0 Å². The maximum Gasteiger partial charge on any atom is 0.0792 e. The van der Waals surface area contributed by atoms with Gasteiger partial charge in [-0.1, -0.05) is 60.7 Å². The van der Waals surface area contributed by atoms with E-state index in [1.54, 1.807) is 0 Å². The molecule has 0 aliphatic rings. The van der Waals surface area contributed by atoms with Gasteiger partial charge in [-0.05, 0) is 11.1 Å². The van der Waals surface area contributed by atoms with Crippen molar-refractivity contribution in [1.82, 2.24) is 4.57 Å². The van der Waals surface area contributed by atoms with Crippen molar-refractivity contribution in [3.63, 3.8) is 0 Å². The minimum Gasteiger partial charge on any atom is -0.324 e. The number of rotatable bonds is 4. The largest absolute Gasteiger partial charge is 0.324 e. The molecule has 2 aromatic rings. The van der Waals surface area contributed by atoms with Crippen molar-refractivity contribution in [3.8, 4) is 0 Å². The first-order chi connectivity index (χ1) is 7.84. The Balaban J connectivity index is 1.92. The summed E-state index contributed by atoms with van der Waals surface area (Å²) in [6.45, 7) is 2.11. The van der Waals surface area contributed by atoms with Crippen molar-refractivity contribution < 1.29 is 0 Å². The monoisotopic (exact) mass is 227 g/mol. The second-order valence-corrected chi connectivity index (χ2v) is 5.41. The summed E-state index contributed by atoms with van der Waals surface area (Å²) in [5.41, 5.74) is 2.79. The van der Waals surface area contributed by atoms with E-state index in [1.807, 2.05) is 0 Å². The first-order valence-corrected chi connectivity index (χ1v) is 6.50. The van der Waals surface area contributed by atoms with Gasteiger partial charge < -0.3 is 4.57 Å². The van der Waals surface area contributed by atoms with Gasteiger partial charge in [0.05, 0.1) is 10.4 Å². The number of nitrogens with zero attached hydrogens (tertiary/aromatic N) is 1. The molecule has 0 N–H and O–H groups in total. The van der Waals surface area contributed by atoms with E-state index in [0.29, 0.717) is 0 Å². The van der Waals surface area contributed by atoms with Crippen LogP contribution in [0, 0.1) is 0 Å². The van der Waals surface area contributed by atoms with E-state index in [4.69, 9.17) is 0 Å². The predicted octanol–water partition coefficient (Wildman–Crippen LogP) is 1.97. The van der Waals surface area contributed by atoms with Gasteiger partial charge in [-0.3, -0.25) is 0 Å². The van der Waals surface area contributed by atoms with E-state index < -0.39 is 0 Å². The molecular weight excluding hydrogens is 210 g/mol. The summed E-state index contributed by atoms with van der Waals surface area (Å²) in [5, 5.41) is 0. The molecule has 0 radical (unpaired) electrons. The summed E-state index contributed by atoms with van der Waals surface area (Å²) < 4.78 is 2.46. The fourth-order valence-electron chi connectivity index (χ4n) is 1.85. The zero-order chi connectivity index (χ0) is 11.2. The molecule has 0 aliphatic heterocycles. The zero-order valence-electron chi connectivity index (χ0n) is 9.63. The second kappa shape index (κ2) is 5.63. The third kappa shape index (κ3) is 3.33. The summed E-state index contributed by atoms with van der Waals surface area (Å²) in [4.78, 5) is 0. The molecule has 1 nitrogen and oxygen atoms in total. The van der Waals surface area contributed by atoms with E-state index in [2.05, 4.69) is 65.2 Å². The summed E-state index contributed by atoms with van der Waals surface area (Å²) in [5.74, 6) is 0. The maximum absolute atomic E-state index is 2.46. The molecular formula is C14H17NSi. The molecule has 0 bridgehead atoms. The highest BCUT2D eigenvalue weighted by atomic mass is 28.2. The Morgan fingerprint density at radius 3 is 1.44 bits per heavy atom. The molecule has 0 amide bonds. The van der Waals surface area contributed by atoms with Crippen LogP contribution in [0.3, 0.4) is 0 Å². The lowest BCUT2D eigenvalue weighted by Gasteiger charge is -2.17. The highest BCUT2D eigenvalue weighted by molar-refractivity contribution is 6.04. The van der Waals surface area contributed by atoms with Crippen molar-refractivity contribution in [2.75, 3.05) is 0 Å². The van der Waals surface area contributed by atoms with Crippen molar-refractivity contribution in [3.05, 3.63) is 71.8 Å². The van der Waals surface area contributed by atoms with Crippen LogP contribution in [0.25, 0.3) is 0 Å². The van der Waals surface area contributed by atoms with Gasteiger partial charge in [0, 0.05) is 13.1 Å². The lowest BCUT2D eigenvalue weighted by molar-refractivity contribution is 0.443. The summed E-state index contributed by atoms with van der Waals surface area (Å²) >= 11 is 0. The SMILES string of the molecule is [SiH3]N(Cc1ccccc1)Cc1ccccc1. The van der Waals surface area contributed by atoms with Gasteiger partial charge in [-0.25, -0.2) is 0 Å². The summed E-state index contributed by atoms with van der Waals surface area (Å²) in [7, 11) is 1.09. The smallest absolute Gasteiger partial charge is 0.0792 e. The van der Waals surface area contributed by atoms with Gasteiger partial charge >= 0.3 is 0 Å². The van der Waals surface area contributed by atoms with Gasteiger partial charge in [-0.15, -0.1) is 0 Å². The Hall–Kier alpha value is -1.38. The molecule has 0 fully saturated rings. The van der Waals surface area contributed by atoms with Crippen LogP contribution >= 0.6 is 0 Å². The van der Waals surface area contributed by atoms with Crippen molar-refractivity contribution in [1.29, 1.82) is 0 Å². The van der Waals surface area contributed by atoms with Gasteiger partial charge in [0.1, 0.15) is 0 Å². The van der Waals surface area contributed by atoms with Crippen LogP contribution in [0.15, 0.2) is 60.7 Å². The first-order valence-electron chi connectivity index (χ1n) is 5.61. The topological polar surface area (TPSA) is 3.24 Å². The van der Waals surface area contributed by atoms with Gasteiger partial charge in [0.15, 0.2) is 0 Å². The van der Waals surface area contributed by atoms with Crippen molar-refractivity contribution >= 4 is 10.4 Å². The van der Waals surface area contributed by atoms with Crippen molar-refractivity contribution in [2.24, 2.45) is 0 Å². The third-order valence-electron chi connectivity index (χ3n) is 2.59. The van der Waals surface area contributed by atoms with Crippen LogP contribution in [0.2, 0.25) is 0 Å². The van der Waals surface area contributed by atoms with E-state index in [1.165, 1.54) is 11.1 Å². The molecule has 0 saturated heterocycles. The maximum atomic E-state index is 2.46. The molecule has 82 valence electrons. The highest BCUT2D eigenvalue weighted by Gasteiger charge is 2.00. The van der Waals surface area contributed by atoms with Crippen LogP contribution in [-0.2, 0) is 13.1 Å². The van der Waals surface area contributed by atoms with E-state index >= 15 is 0 Å². The van der Waals surface area contributed by atoms with Crippen LogP contribution < -0.4 is 0 Å². The summed E-state index contributed by atoms with van der Waals surface area (Å²) in [6, 6.07) is 21.3. The van der Waals surface area contributed by atoms with Crippen LogP contribution in [0.5, 0.6) is 0 Å². The minimum absolute atomic E-state index is 1.06. The van der Waals surface area contributed by atoms with Crippen LogP contribution in [-0.4, -0.2) is 15.0 Å². The lowest BCUT2D eigenvalue weighted by Crippen LogP contribution is -2.18. The molecule has 0 saturated carbocycles. The standard InChI is InChI=1S/C14H17NSi/c16-15(11-13-7-3-1-4-8-13)12-14-9-5-2-6-10-14/h1-10H,11-12H2,16H3. The molecule has 0 aromatic heterocycles.